The van der Waals surface area contributed by atoms with Crippen molar-refractivity contribution >= 4 is 5.69 Å². The molecule has 0 amide bonds. The first kappa shape index (κ1) is 15.0. The van der Waals surface area contributed by atoms with E-state index in [0.29, 0.717) is 0 Å². The van der Waals surface area contributed by atoms with Crippen LogP contribution >= 0.6 is 0 Å². The van der Waals surface area contributed by atoms with E-state index >= 15 is 0 Å². The maximum absolute atomic E-state index is 5.96. The van der Waals surface area contributed by atoms with E-state index in [1.54, 1.807) is 0 Å². The van der Waals surface area contributed by atoms with Crippen LogP contribution in [0, 0.1) is 0 Å². The second kappa shape index (κ2) is 6.13. The van der Waals surface area contributed by atoms with E-state index in [9.17, 15) is 0 Å². The Bertz CT molecular complexity index is 851. The number of nitrogen functional groups attached to an aromatic ring is 1. The first-order chi connectivity index (χ1) is 11.7. The fourth-order valence-corrected chi connectivity index (χ4v) is 3.54. The number of rotatable bonds is 3. The molecule has 0 saturated carbocycles. The molecular formula is C20H22N4. The van der Waals surface area contributed by atoms with Gasteiger partial charge in [-0.1, -0.05) is 42.5 Å². The van der Waals surface area contributed by atoms with E-state index in [1.807, 2.05) is 29.9 Å². The summed E-state index contributed by atoms with van der Waals surface area (Å²) in [6.07, 6.45) is 1.04. The molecular weight excluding hydrogens is 296 g/mol. The molecule has 0 radical (unpaired) electrons. The lowest BCUT2D eigenvalue weighted by Gasteiger charge is -2.27. The minimum absolute atomic E-state index is 0.781. The molecule has 4 rings (SSSR count). The molecule has 24 heavy (non-hydrogen) atoms. The molecule has 4 nitrogen and oxygen atoms in total. The molecule has 122 valence electrons. The molecule has 0 fully saturated rings. The van der Waals surface area contributed by atoms with Crippen molar-refractivity contribution in [3.05, 3.63) is 71.4 Å². The van der Waals surface area contributed by atoms with Crippen molar-refractivity contribution in [3.8, 4) is 11.3 Å². The highest BCUT2D eigenvalue weighted by atomic mass is 15.3. The summed E-state index contributed by atoms with van der Waals surface area (Å²) in [5.74, 6) is 0. The summed E-state index contributed by atoms with van der Waals surface area (Å²) in [5.41, 5.74) is 13.0. The van der Waals surface area contributed by atoms with Crippen LogP contribution in [0.25, 0.3) is 11.3 Å². The maximum atomic E-state index is 5.96. The quantitative estimate of drug-likeness (QED) is 0.754. The molecule has 2 heterocycles. The van der Waals surface area contributed by atoms with Gasteiger partial charge in [-0.2, -0.15) is 5.10 Å². The minimum atomic E-state index is 0.781. The lowest BCUT2D eigenvalue weighted by atomic mass is 10.00. The number of hydrogen-bond acceptors (Lipinski definition) is 3. The highest BCUT2D eigenvalue weighted by Gasteiger charge is 2.24. The van der Waals surface area contributed by atoms with Gasteiger partial charge in [0.2, 0.25) is 0 Å². The number of anilines is 1. The Morgan fingerprint density at radius 3 is 2.71 bits per heavy atom. The van der Waals surface area contributed by atoms with E-state index in [4.69, 9.17) is 10.8 Å². The van der Waals surface area contributed by atoms with Gasteiger partial charge in [-0.05, 0) is 17.7 Å². The maximum Gasteiger partial charge on any atom is 0.0971 e. The van der Waals surface area contributed by atoms with Crippen LogP contribution in [0.5, 0.6) is 0 Å². The summed E-state index contributed by atoms with van der Waals surface area (Å²) in [5, 5.41) is 4.78. The van der Waals surface area contributed by atoms with Crippen LogP contribution in [0.15, 0.2) is 54.6 Å². The summed E-state index contributed by atoms with van der Waals surface area (Å²) < 4.78 is 2.04. The van der Waals surface area contributed by atoms with Gasteiger partial charge < -0.3 is 5.73 Å². The number of aromatic nitrogens is 2. The van der Waals surface area contributed by atoms with Crippen LogP contribution in [0.1, 0.15) is 16.8 Å². The number of nitrogens with zero attached hydrogens (tertiary/aromatic N) is 3. The lowest BCUT2D eigenvalue weighted by Crippen LogP contribution is -2.30. The Hall–Kier alpha value is -2.59. The third-order valence-electron chi connectivity index (χ3n) is 4.73. The molecule has 0 bridgehead atoms. The molecule has 1 aromatic heterocycles. The molecule has 1 aliphatic heterocycles. The van der Waals surface area contributed by atoms with Crippen molar-refractivity contribution in [2.24, 2.45) is 7.05 Å². The van der Waals surface area contributed by atoms with Crippen LogP contribution in [-0.4, -0.2) is 21.2 Å². The summed E-state index contributed by atoms with van der Waals surface area (Å²) in [4.78, 5) is 2.50. The van der Waals surface area contributed by atoms with Gasteiger partial charge >= 0.3 is 0 Å². The zero-order valence-electron chi connectivity index (χ0n) is 13.9. The van der Waals surface area contributed by atoms with Gasteiger partial charge in [0, 0.05) is 55.6 Å². The van der Waals surface area contributed by atoms with Gasteiger partial charge in [-0.15, -0.1) is 0 Å². The Morgan fingerprint density at radius 1 is 1.08 bits per heavy atom. The molecule has 1 aliphatic rings. The predicted octanol–water partition coefficient (Wildman–Crippen LogP) is 3.23. The molecule has 0 unspecified atom stereocenters. The molecule has 0 aliphatic carbocycles. The second-order valence-electron chi connectivity index (χ2n) is 6.47. The molecule has 3 aromatic rings. The Kier molecular flexibility index (Phi) is 3.82. The van der Waals surface area contributed by atoms with E-state index in [2.05, 4.69) is 41.3 Å². The number of fused-ring (bicyclic) bond motifs is 1. The van der Waals surface area contributed by atoms with Gasteiger partial charge in [0.05, 0.1) is 5.69 Å². The van der Waals surface area contributed by atoms with Gasteiger partial charge in [-0.25, -0.2) is 0 Å². The first-order valence-electron chi connectivity index (χ1n) is 8.37. The number of hydrogen-bond donors (Lipinski definition) is 1. The summed E-state index contributed by atoms with van der Waals surface area (Å²) in [7, 11) is 2.04. The molecule has 2 aromatic carbocycles. The van der Waals surface area contributed by atoms with Gasteiger partial charge in [0.1, 0.15) is 0 Å². The largest absolute Gasteiger partial charge is 0.399 e. The van der Waals surface area contributed by atoms with Crippen LogP contribution in [0.2, 0.25) is 0 Å². The number of nitrogens with two attached hydrogens (primary N) is 1. The molecule has 0 spiro atoms. The van der Waals surface area contributed by atoms with E-state index < -0.39 is 0 Å². The Balaban J connectivity index is 1.65. The topological polar surface area (TPSA) is 47.1 Å². The monoisotopic (exact) mass is 318 g/mol. The number of benzene rings is 2. The molecule has 4 heteroatoms. The predicted molar refractivity (Wildman–Crippen MR) is 97.3 cm³/mol. The van der Waals surface area contributed by atoms with Gasteiger partial charge in [-0.3, -0.25) is 9.58 Å². The van der Waals surface area contributed by atoms with Crippen molar-refractivity contribution < 1.29 is 0 Å². The van der Waals surface area contributed by atoms with Crippen molar-refractivity contribution in [1.82, 2.24) is 14.7 Å². The van der Waals surface area contributed by atoms with Gasteiger partial charge in [0.15, 0.2) is 0 Å². The zero-order chi connectivity index (χ0) is 16.5. The van der Waals surface area contributed by atoms with Crippen molar-refractivity contribution in [1.29, 1.82) is 0 Å². The van der Waals surface area contributed by atoms with E-state index in [0.717, 1.165) is 43.0 Å². The third-order valence-corrected chi connectivity index (χ3v) is 4.73. The Labute approximate surface area is 142 Å². The Morgan fingerprint density at radius 2 is 1.92 bits per heavy atom. The number of aryl methyl sites for hydroxylation is 1. The molecule has 0 atom stereocenters. The minimum Gasteiger partial charge on any atom is -0.399 e. The summed E-state index contributed by atoms with van der Waals surface area (Å²) in [6.45, 7) is 2.98. The smallest absolute Gasteiger partial charge is 0.0971 e. The van der Waals surface area contributed by atoms with Crippen LogP contribution in [0.3, 0.4) is 0 Å². The van der Waals surface area contributed by atoms with Crippen LogP contribution in [0.4, 0.5) is 5.69 Å². The normalized spacial score (nSPS) is 14.5. The van der Waals surface area contributed by atoms with Crippen LogP contribution in [-0.2, 0) is 26.6 Å². The first-order valence-corrected chi connectivity index (χ1v) is 8.37. The highest BCUT2D eigenvalue weighted by Crippen LogP contribution is 2.31. The second-order valence-corrected chi connectivity index (χ2v) is 6.47. The van der Waals surface area contributed by atoms with Gasteiger partial charge in [0.25, 0.3) is 0 Å². The molecule has 0 saturated heterocycles. The average Bonchev–Trinajstić information content (AvgIpc) is 2.92. The molecule has 2 N–H and O–H groups in total. The summed E-state index contributed by atoms with van der Waals surface area (Å²) >= 11 is 0. The van der Waals surface area contributed by atoms with Crippen LogP contribution < -0.4 is 5.73 Å². The average molecular weight is 318 g/mol. The lowest BCUT2D eigenvalue weighted by molar-refractivity contribution is 0.243. The zero-order valence-corrected chi connectivity index (χ0v) is 13.9. The third kappa shape index (κ3) is 2.81. The fraction of sp³-hybridized carbons (Fsp3) is 0.250. The SMILES string of the molecule is Cn1nc(-c2cccc(N)c2)c2c1CCN(Cc1ccccc1)C2. The van der Waals surface area contributed by atoms with Crippen molar-refractivity contribution in [2.45, 2.75) is 19.5 Å². The van der Waals surface area contributed by atoms with Crippen molar-refractivity contribution in [2.75, 3.05) is 12.3 Å². The summed E-state index contributed by atoms with van der Waals surface area (Å²) in [6, 6.07) is 18.7. The van der Waals surface area contributed by atoms with Crippen molar-refractivity contribution in [3.63, 3.8) is 0 Å². The highest BCUT2D eigenvalue weighted by molar-refractivity contribution is 5.68. The fourth-order valence-electron chi connectivity index (χ4n) is 3.54. The standard InChI is InChI=1S/C20H22N4/c1-23-19-10-11-24(13-15-6-3-2-4-7-15)14-18(19)20(22-23)16-8-5-9-17(21)12-16/h2-9,12H,10-11,13-14,21H2,1H3. The van der Waals surface area contributed by atoms with E-state index in [-0.39, 0.29) is 0 Å². The van der Waals surface area contributed by atoms with E-state index in [1.165, 1.54) is 16.8 Å².